The van der Waals surface area contributed by atoms with Gasteiger partial charge in [0, 0.05) is 16.8 Å². The third kappa shape index (κ3) is 2.89. The van der Waals surface area contributed by atoms with E-state index >= 15 is 0 Å². The zero-order valence-electron chi connectivity index (χ0n) is 16.2. The van der Waals surface area contributed by atoms with Gasteiger partial charge in [0.2, 0.25) is 5.95 Å². The Morgan fingerprint density at radius 1 is 0.966 bits per heavy atom. The van der Waals surface area contributed by atoms with Gasteiger partial charge < -0.3 is 14.8 Å². The van der Waals surface area contributed by atoms with Crippen LogP contribution in [0.4, 0.5) is 5.95 Å². The first-order valence-corrected chi connectivity index (χ1v) is 9.37. The van der Waals surface area contributed by atoms with Gasteiger partial charge in [-0.2, -0.15) is 0 Å². The fraction of sp³-hybridized carbons (Fsp3) is 0.130. The molecule has 1 atom stereocenters. The van der Waals surface area contributed by atoms with E-state index in [1.807, 2.05) is 22.8 Å². The molecule has 0 bridgehead atoms. The quantitative estimate of drug-likeness (QED) is 0.561. The molecular formula is C23H20N4O2. The van der Waals surface area contributed by atoms with Crippen molar-refractivity contribution < 1.29 is 9.47 Å². The van der Waals surface area contributed by atoms with Crippen molar-refractivity contribution in [2.75, 3.05) is 19.5 Å². The monoisotopic (exact) mass is 384 g/mol. The van der Waals surface area contributed by atoms with Gasteiger partial charge in [0.1, 0.15) is 17.8 Å². The zero-order valence-corrected chi connectivity index (χ0v) is 16.2. The standard InChI is InChI=1S/C23H20N4O2/c1-28-16-10-11-22(29-2)19(12-16)21-13-20(25-23-26-24-14-27(21)23)18-9-5-7-15-6-3-4-8-17(15)18/h3-14,21H,1-2H3,(H,25,26). The molecule has 1 unspecified atom stereocenters. The molecule has 0 saturated heterocycles. The average molecular weight is 384 g/mol. The number of allylic oxidation sites excluding steroid dienone is 1. The topological polar surface area (TPSA) is 61.2 Å². The first-order valence-electron chi connectivity index (χ1n) is 9.37. The Kier molecular flexibility index (Phi) is 4.17. The van der Waals surface area contributed by atoms with E-state index in [-0.39, 0.29) is 6.04 Å². The van der Waals surface area contributed by atoms with Crippen LogP contribution in [0.1, 0.15) is 17.2 Å². The van der Waals surface area contributed by atoms with Crippen LogP contribution in [0.3, 0.4) is 0 Å². The normalized spacial score (nSPS) is 15.4. The predicted molar refractivity (Wildman–Crippen MR) is 113 cm³/mol. The van der Waals surface area contributed by atoms with Gasteiger partial charge in [-0.3, -0.25) is 4.57 Å². The van der Waals surface area contributed by atoms with Gasteiger partial charge in [-0.15, -0.1) is 10.2 Å². The van der Waals surface area contributed by atoms with Crippen molar-refractivity contribution in [3.8, 4) is 11.5 Å². The number of ether oxygens (including phenoxy) is 2. The van der Waals surface area contributed by atoms with Gasteiger partial charge in [-0.1, -0.05) is 42.5 Å². The SMILES string of the molecule is COc1ccc(OC)c(C2C=C(c3cccc4ccccc34)Nc3nncn32)c1. The molecule has 0 saturated carbocycles. The molecule has 1 aromatic heterocycles. The molecule has 29 heavy (non-hydrogen) atoms. The van der Waals surface area contributed by atoms with Crippen molar-refractivity contribution >= 4 is 22.4 Å². The second kappa shape index (κ2) is 6.98. The molecule has 0 radical (unpaired) electrons. The third-order valence-electron chi connectivity index (χ3n) is 5.28. The molecule has 2 heterocycles. The summed E-state index contributed by atoms with van der Waals surface area (Å²) in [6.45, 7) is 0. The lowest BCUT2D eigenvalue weighted by molar-refractivity contribution is 0.395. The van der Waals surface area contributed by atoms with Gasteiger partial charge in [0.25, 0.3) is 0 Å². The molecule has 1 N–H and O–H groups in total. The highest BCUT2D eigenvalue weighted by molar-refractivity contribution is 5.96. The number of aromatic nitrogens is 3. The van der Waals surface area contributed by atoms with Gasteiger partial charge in [-0.25, -0.2) is 0 Å². The number of fused-ring (bicyclic) bond motifs is 2. The largest absolute Gasteiger partial charge is 0.497 e. The molecule has 1 aliphatic heterocycles. The number of hydrogen-bond acceptors (Lipinski definition) is 5. The second-order valence-corrected chi connectivity index (χ2v) is 6.85. The molecule has 0 spiro atoms. The molecule has 4 aromatic rings. The number of rotatable bonds is 4. The lowest BCUT2D eigenvalue weighted by Crippen LogP contribution is -2.19. The van der Waals surface area contributed by atoms with Gasteiger partial charge in [0.15, 0.2) is 0 Å². The highest BCUT2D eigenvalue weighted by atomic mass is 16.5. The van der Waals surface area contributed by atoms with E-state index in [9.17, 15) is 0 Å². The second-order valence-electron chi connectivity index (χ2n) is 6.85. The van der Waals surface area contributed by atoms with Crippen LogP contribution in [-0.2, 0) is 0 Å². The number of hydrogen-bond donors (Lipinski definition) is 1. The van der Waals surface area contributed by atoms with Gasteiger partial charge in [-0.05, 0) is 35.0 Å². The highest BCUT2D eigenvalue weighted by Gasteiger charge is 2.26. The minimum atomic E-state index is -0.139. The van der Waals surface area contributed by atoms with E-state index in [2.05, 4.69) is 64.1 Å². The van der Waals surface area contributed by atoms with E-state index in [0.29, 0.717) is 5.95 Å². The molecule has 1 aliphatic rings. The van der Waals surface area contributed by atoms with Crippen LogP contribution in [-0.4, -0.2) is 29.0 Å². The maximum atomic E-state index is 5.64. The predicted octanol–water partition coefficient (Wildman–Crippen LogP) is 4.50. The van der Waals surface area contributed by atoms with Crippen molar-refractivity contribution in [3.05, 3.63) is 84.2 Å². The van der Waals surface area contributed by atoms with Crippen molar-refractivity contribution in [1.82, 2.24) is 14.8 Å². The summed E-state index contributed by atoms with van der Waals surface area (Å²) in [6, 6.07) is 20.3. The molecule has 0 fully saturated rings. The molecular weight excluding hydrogens is 364 g/mol. The summed E-state index contributed by atoms with van der Waals surface area (Å²) in [4.78, 5) is 0. The Labute approximate surface area is 168 Å². The van der Waals surface area contributed by atoms with Crippen LogP contribution in [0.25, 0.3) is 16.5 Å². The van der Waals surface area contributed by atoms with Crippen molar-refractivity contribution in [1.29, 1.82) is 0 Å². The van der Waals surface area contributed by atoms with E-state index in [4.69, 9.17) is 9.47 Å². The molecule has 0 aliphatic carbocycles. The lowest BCUT2D eigenvalue weighted by atomic mass is 9.97. The number of methoxy groups -OCH3 is 2. The third-order valence-corrected chi connectivity index (χ3v) is 5.28. The Morgan fingerprint density at radius 2 is 1.83 bits per heavy atom. The van der Waals surface area contributed by atoms with E-state index in [0.717, 1.165) is 28.3 Å². The molecule has 6 nitrogen and oxygen atoms in total. The Bertz CT molecular complexity index is 1220. The van der Waals surface area contributed by atoms with Crippen LogP contribution in [0, 0.1) is 0 Å². The Hall–Kier alpha value is -3.80. The van der Waals surface area contributed by atoms with Crippen LogP contribution in [0.15, 0.2) is 73.1 Å². The lowest BCUT2D eigenvalue weighted by Gasteiger charge is -2.27. The number of nitrogens with zero attached hydrogens (tertiary/aromatic N) is 3. The Morgan fingerprint density at radius 3 is 2.69 bits per heavy atom. The van der Waals surface area contributed by atoms with Crippen LogP contribution < -0.4 is 14.8 Å². The summed E-state index contributed by atoms with van der Waals surface area (Å²) in [5.41, 5.74) is 3.08. The van der Waals surface area contributed by atoms with Crippen LogP contribution in [0.2, 0.25) is 0 Å². The molecule has 6 heteroatoms. The summed E-state index contributed by atoms with van der Waals surface area (Å²) >= 11 is 0. The Balaban J connectivity index is 1.71. The van der Waals surface area contributed by atoms with Crippen molar-refractivity contribution in [2.45, 2.75) is 6.04 Å². The molecule has 5 rings (SSSR count). The van der Waals surface area contributed by atoms with E-state index < -0.39 is 0 Å². The smallest absolute Gasteiger partial charge is 0.229 e. The summed E-state index contributed by atoms with van der Waals surface area (Å²) in [5, 5.41) is 14.2. The van der Waals surface area contributed by atoms with Crippen molar-refractivity contribution in [2.24, 2.45) is 0 Å². The zero-order chi connectivity index (χ0) is 19.8. The number of anilines is 1. The molecule has 3 aromatic carbocycles. The average Bonchev–Trinajstić information content (AvgIpc) is 3.26. The van der Waals surface area contributed by atoms with Crippen molar-refractivity contribution in [3.63, 3.8) is 0 Å². The summed E-state index contributed by atoms with van der Waals surface area (Å²) in [5.74, 6) is 2.24. The first kappa shape index (κ1) is 17.3. The summed E-state index contributed by atoms with van der Waals surface area (Å²) < 4.78 is 13.1. The van der Waals surface area contributed by atoms with Crippen LogP contribution in [0.5, 0.6) is 11.5 Å². The highest BCUT2D eigenvalue weighted by Crippen LogP contribution is 2.39. The molecule has 144 valence electrons. The molecule has 0 amide bonds. The maximum Gasteiger partial charge on any atom is 0.229 e. The summed E-state index contributed by atoms with van der Waals surface area (Å²) in [6.07, 6.45) is 3.90. The fourth-order valence-electron chi connectivity index (χ4n) is 3.86. The minimum Gasteiger partial charge on any atom is -0.497 e. The number of nitrogens with one attached hydrogen (secondary N) is 1. The van der Waals surface area contributed by atoms with Gasteiger partial charge >= 0.3 is 0 Å². The maximum absolute atomic E-state index is 5.64. The van der Waals surface area contributed by atoms with Crippen LogP contribution >= 0.6 is 0 Å². The minimum absolute atomic E-state index is 0.139. The number of benzene rings is 3. The summed E-state index contributed by atoms with van der Waals surface area (Å²) in [7, 11) is 3.34. The van der Waals surface area contributed by atoms with Gasteiger partial charge in [0.05, 0.1) is 20.3 Å². The van der Waals surface area contributed by atoms with E-state index in [1.54, 1.807) is 20.5 Å². The first-order chi connectivity index (χ1) is 14.3. The fourth-order valence-corrected chi connectivity index (χ4v) is 3.86. The van der Waals surface area contributed by atoms with E-state index in [1.165, 1.54) is 10.8 Å².